The highest BCUT2D eigenvalue weighted by Gasteiger charge is 2.05. The van der Waals surface area contributed by atoms with Crippen molar-refractivity contribution in [2.24, 2.45) is 0 Å². The average molecular weight is 273 g/mol. The fourth-order valence-corrected chi connectivity index (χ4v) is 1.41. The first kappa shape index (κ1) is 12.1. The van der Waals surface area contributed by atoms with Gasteiger partial charge in [-0.3, -0.25) is 4.79 Å². The van der Waals surface area contributed by atoms with E-state index in [0.29, 0.717) is 23.1 Å². The molecule has 4 nitrogen and oxygen atoms in total. The summed E-state index contributed by atoms with van der Waals surface area (Å²) in [6.07, 6.45) is 1.72. The Balaban J connectivity index is 2.47. The summed E-state index contributed by atoms with van der Waals surface area (Å²) in [7, 11) is 0. The van der Waals surface area contributed by atoms with E-state index in [4.69, 9.17) is 5.11 Å². The van der Waals surface area contributed by atoms with Crippen LogP contribution in [0.2, 0.25) is 0 Å². The van der Waals surface area contributed by atoms with E-state index < -0.39 is 6.10 Å². The van der Waals surface area contributed by atoms with Crippen molar-refractivity contribution in [1.82, 2.24) is 10.3 Å². The number of amides is 1. The van der Waals surface area contributed by atoms with Crippen LogP contribution in [0.1, 0.15) is 23.7 Å². The third-order valence-electron chi connectivity index (χ3n) is 1.84. The predicted octanol–water partition coefficient (Wildman–Crippen LogP) is 1.34. The molecule has 0 aliphatic carbocycles. The van der Waals surface area contributed by atoms with E-state index in [1.807, 2.05) is 0 Å². The number of nitrogens with zero attached hydrogens (tertiary/aromatic N) is 1. The van der Waals surface area contributed by atoms with Crippen LogP contribution in [0, 0.1) is 0 Å². The molecule has 0 aliphatic heterocycles. The molecule has 0 bridgehead atoms. The zero-order chi connectivity index (χ0) is 11.3. The van der Waals surface area contributed by atoms with Crippen LogP contribution in [0.3, 0.4) is 0 Å². The Labute approximate surface area is 96.8 Å². The first-order valence-corrected chi connectivity index (χ1v) is 5.46. The molecule has 0 radical (unpaired) electrons. The zero-order valence-electron chi connectivity index (χ0n) is 8.40. The molecule has 0 fully saturated rings. The van der Waals surface area contributed by atoms with Gasteiger partial charge in [0.25, 0.3) is 5.91 Å². The van der Waals surface area contributed by atoms with Crippen LogP contribution in [0.4, 0.5) is 0 Å². The van der Waals surface area contributed by atoms with Crippen LogP contribution in [0.15, 0.2) is 22.9 Å². The number of hydrogen-bond acceptors (Lipinski definition) is 3. The minimum atomic E-state index is -0.394. The van der Waals surface area contributed by atoms with Crippen molar-refractivity contribution in [3.05, 3.63) is 28.5 Å². The van der Waals surface area contributed by atoms with E-state index in [9.17, 15) is 4.79 Å². The summed E-state index contributed by atoms with van der Waals surface area (Å²) >= 11 is 3.19. The number of carbonyl (C=O) groups excluding carboxylic acids is 1. The van der Waals surface area contributed by atoms with Crippen LogP contribution in [0.25, 0.3) is 0 Å². The first-order chi connectivity index (χ1) is 7.09. The number of rotatable bonds is 4. The van der Waals surface area contributed by atoms with E-state index in [1.54, 1.807) is 25.3 Å². The van der Waals surface area contributed by atoms with Crippen molar-refractivity contribution >= 4 is 21.8 Å². The average Bonchev–Trinajstić information content (AvgIpc) is 2.17. The molecule has 2 N–H and O–H groups in total. The molecule has 0 aromatic carbocycles. The molecule has 82 valence electrons. The van der Waals surface area contributed by atoms with Gasteiger partial charge >= 0.3 is 0 Å². The van der Waals surface area contributed by atoms with Gasteiger partial charge in [-0.25, -0.2) is 4.98 Å². The molecule has 0 saturated heterocycles. The minimum absolute atomic E-state index is 0.154. The lowest BCUT2D eigenvalue weighted by Gasteiger charge is -2.06. The second kappa shape index (κ2) is 5.82. The van der Waals surface area contributed by atoms with Gasteiger partial charge in [0, 0.05) is 18.3 Å². The lowest BCUT2D eigenvalue weighted by molar-refractivity contribution is 0.0945. The van der Waals surface area contributed by atoms with E-state index in [0.717, 1.165) is 0 Å². The van der Waals surface area contributed by atoms with Gasteiger partial charge in [-0.15, -0.1) is 0 Å². The van der Waals surface area contributed by atoms with E-state index in [1.165, 1.54) is 0 Å². The van der Waals surface area contributed by atoms with Gasteiger partial charge in [-0.2, -0.15) is 0 Å². The lowest BCUT2D eigenvalue weighted by Crippen LogP contribution is -2.26. The quantitative estimate of drug-likeness (QED) is 0.814. The summed E-state index contributed by atoms with van der Waals surface area (Å²) in [5.74, 6) is -0.154. The van der Waals surface area contributed by atoms with Crippen molar-refractivity contribution < 1.29 is 9.90 Å². The highest BCUT2D eigenvalue weighted by molar-refractivity contribution is 9.10. The monoisotopic (exact) mass is 272 g/mol. The van der Waals surface area contributed by atoms with Gasteiger partial charge in [0.05, 0.1) is 6.10 Å². The van der Waals surface area contributed by atoms with Crippen molar-refractivity contribution in [3.8, 4) is 0 Å². The van der Waals surface area contributed by atoms with E-state index >= 15 is 0 Å². The minimum Gasteiger partial charge on any atom is -0.393 e. The molecule has 1 aromatic heterocycles. The van der Waals surface area contributed by atoms with Crippen LogP contribution >= 0.6 is 15.9 Å². The highest BCUT2D eigenvalue weighted by atomic mass is 79.9. The molecule has 1 heterocycles. The Bertz CT molecular complexity index is 342. The number of pyridine rings is 1. The topological polar surface area (TPSA) is 62.2 Å². The number of hydrogen-bond donors (Lipinski definition) is 2. The Morgan fingerprint density at radius 2 is 2.47 bits per heavy atom. The van der Waals surface area contributed by atoms with Gasteiger partial charge in [-0.05, 0) is 41.4 Å². The Morgan fingerprint density at radius 3 is 3.07 bits per heavy atom. The van der Waals surface area contributed by atoms with Crippen molar-refractivity contribution in [1.29, 1.82) is 0 Å². The Kier molecular flexibility index (Phi) is 4.71. The van der Waals surface area contributed by atoms with E-state index in [2.05, 4.69) is 26.2 Å². The normalized spacial score (nSPS) is 12.2. The van der Waals surface area contributed by atoms with Crippen LogP contribution < -0.4 is 5.32 Å². The zero-order valence-corrected chi connectivity index (χ0v) is 9.99. The smallest absolute Gasteiger partial charge is 0.251 e. The summed E-state index contributed by atoms with van der Waals surface area (Å²) in [6, 6.07) is 3.29. The van der Waals surface area contributed by atoms with Crippen molar-refractivity contribution in [2.75, 3.05) is 6.54 Å². The SMILES string of the molecule is CC(O)CCNC(=O)c1ccnc(Br)c1. The van der Waals surface area contributed by atoms with Gasteiger partial charge < -0.3 is 10.4 Å². The second-order valence-electron chi connectivity index (χ2n) is 3.26. The predicted molar refractivity (Wildman–Crippen MR) is 60.6 cm³/mol. The molecule has 1 rings (SSSR count). The second-order valence-corrected chi connectivity index (χ2v) is 4.07. The molecule has 0 aliphatic rings. The molecular formula is C10H13BrN2O2. The van der Waals surface area contributed by atoms with Gasteiger partial charge in [0.15, 0.2) is 0 Å². The van der Waals surface area contributed by atoms with E-state index in [-0.39, 0.29) is 5.91 Å². The number of halogens is 1. The third-order valence-corrected chi connectivity index (χ3v) is 2.27. The van der Waals surface area contributed by atoms with Gasteiger partial charge in [-0.1, -0.05) is 0 Å². The summed E-state index contributed by atoms with van der Waals surface area (Å²) < 4.78 is 0.630. The molecule has 1 amide bonds. The van der Waals surface area contributed by atoms with Crippen LogP contribution in [-0.4, -0.2) is 28.6 Å². The molecule has 1 aromatic rings. The molecule has 5 heteroatoms. The first-order valence-electron chi connectivity index (χ1n) is 4.67. The largest absolute Gasteiger partial charge is 0.393 e. The number of aliphatic hydroxyl groups is 1. The standard InChI is InChI=1S/C10H13BrN2O2/c1-7(14)2-4-13-10(15)8-3-5-12-9(11)6-8/h3,5-7,14H,2,4H2,1H3,(H,13,15). The summed E-state index contributed by atoms with van der Waals surface area (Å²) in [5, 5.41) is 11.7. The molecule has 0 saturated carbocycles. The molecule has 1 unspecified atom stereocenters. The van der Waals surface area contributed by atoms with Gasteiger partial charge in [0.1, 0.15) is 4.60 Å². The van der Waals surface area contributed by atoms with Crippen molar-refractivity contribution in [3.63, 3.8) is 0 Å². The molecule has 15 heavy (non-hydrogen) atoms. The van der Waals surface area contributed by atoms with Crippen molar-refractivity contribution in [2.45, 2.75) is 19.4 Å². The summed E-state index contributed by atoms with van der Waals surface area (Å²) in [6.45, 7) is 2.16. The molecule has 0 spiro atoms. The third kappa shape index (κ3) is 4.40. The maximum Gasteiger partial charge on any atom is 0.251 e. The number of nitrogens with one attached hydrogen (secondary N) is 1. The highest BCUT2D eigenvalue weighted by Crippen LogP contribution is 2.07. The number of carbonyl (C=O) groups is 1. The maximum atomic E-state index is 11.5. The fourth-order valence-electron chi connectivity index (χ4n) is 1.04. The summed E-state index contributed by atoms with van der Waals surface area (Å²) in [5.41, 5.74) is 0.558. The van der Waals surface area contributed by atoms with Crippen LogP contribution in [0.5, 0.6) is 0 Å². The lowest BCUT2D eigenvalue weighted by atomic mass is 10.2. The Hall–Kier alpha value is -0.940. The number of aliphatic hydroxyl groups excluding tert-OH is 1. The van der Waals surface area contributed by atoms with Gasteiger partial charge in [0.2, 0.25) is 0 Å². The number of aromatic nitrogens is 1. The molecule has 1 atom stereocenters. The summed E-state index contributed by atoms with van der Waals surface area (Å²) in [4.78, 5) is 15.5. The fraction of sp³-hybridized carbons (Fsp3) is 0.400. The maximum absolute atomic E-state index is 11.5. The van der Waals surface area contributed by atoms with Crippen LogP contribution in [-0.2, 0) is 0 Å². The molecular weight excluding hydrogens is 260 g/mol. The Morgan fingerprint density at radius 1 is 1.73 bits per heavy atom.